The number of rotatable bonds is 3. The summed E-state index contributed by atoms with van der Waals surface area (Å²) in [4.78, 5) is 12.1. The van der Waals surface area contributed by atoms with E-state index in [4.69, 9.17) is 5.73 Å². The van der Waals surface area contributed by atoms with E-state index in [-0.39, 0.29) is 4.90 Å². The minimum Gasteiger partial charge on any atom is -0.368 e. The lowest BCUT2D eigenvalue weighted by Gasteiger charge is -2.36. The average molecular weight is 344 g/mol. The minimum absolute atomic E-state index is 0.175. The van der Waals surface area contributed by atoms with Crippen LogP contribution in [0.25, 0.3) is 0 Å². The Bertz CT molecular complexity index is 906. The van der Waals surface area contributed by atoms with Gasteiger partial charge >= 0.3 is 0 Å². The van der Waals surface area contributed by atoms with Gasteiger partial charge in [0.15, 0.2) is 0 Å². The molecule has 3 rings (SSSR count). The predicted molar refractivity (Wildman–Crippen MR) is 93.3 cm³/mol. The number of nitrogens with two attached hydrogens (primary N) is 1. The van der Waals surface area contributed by atoms with E-state index >= 15 is 0 Å². The van der Waals surface area contributed by atoms with Crippen LogP contribution in [0.4, 0.5) is 5.69 Å². The first-order chi connectivity index (χ1) is 11.3. The van der Waals surface area contributed by atoms with E-state index in [0.717, 1.165) is 16.7 Å². The van der Waals surface area contributed by atoms with Crippen molar-refractivity contribution in [1.82, 2.24) is 0 Å². The summed E-state index contributed by atoms with van der Waals surface area (Å²) in [5.74, 6) is -0.628. The number of nitrogens with zero attached hydrogens (tertiary/aromatic N) is 1. The summed E-state index contributed by atoms with van der Waals surface area (Å²) < 4.78 is 27.7. The van der Waals surface area contributed by atoms with Crippen molar-refractivity contribution in [3.8, 4) is 0 Å². The zero-order valence-electron chi connectivity index (χ0n) is 13.7. The fourth-order valence-electron chi connectivity index (χ4n) is 3.06. The SMILES string of the molecule is Cc1ccc(S(=O)(=O)N2c3ccccc3CCC2C(N)=O)cc1C. The van der Waals surface area contributed by atoms with Crippen molar-refractivity contribution in [1.29, 1.82) is 0 Å². The molecule has 0 saturated carbocycles. The Morgan fingerprint density at radius 3 is 2.50 bits per heavy atom. The van der Waals surface area contributed by atoms with Crippen molar-refractivity contribution in [2.45, 2.75) is 37.6 Å². The molecule has 126 valence electrons. The van der Waals surface area contributed by atoms with Gasteiger partial charge in [0.05, 0.1) is 10.6 Å². The average Bonchev–Trinajstić information content (AvgIpc) is 2.55. The summed E-state index contributed by atoms with van der Waals surface area (Å²) in [6.45, 7) is 3.79. The van der Waals surface area contributed by atoms with Crippen molar-refractivity contribution in [3.63, 3.8) is 0 Å². The second kappa shape index (κ2) is 5.94. The van der Waals surface area contributed by atoms with Crippen LogP contribution in [0.2, 0.25) is 0 Å². The number of sulfonamides is 1. The molecule has 1 heterocycles. The van der Waals surface area contributed by atoms with Gasteiger partial charge in [-0.05, 0) is 61.6 Å². The van der Waals surface area contributed by atoms with Crippen molar-refractivity contribution < 1.29 is 13.2 Å². The van der Waals surface area contributed by atoms with Gasteiger partial charge in [-0.15, -0.1) is 0 Å². The number of primary amides is 1. The largest absolute Gasteiger partial charge is 0.368 e. The van der Waals surface area contributed by atoms with Crippen molar-refractivity contribution >= 4 is 21.6 Å². The molecule has 0 radical (unpaired) electrons. The van der Waals surface area contributed by atoms with Gasteiger partial charge in [0.25, 0.3) is 10.0 Å². The van der Waals surface area contributed by atoms with Crippen molar-refractivity contribution in [2.75, 3.05) is 4.31 Å². The number of amides is 1. The van der Waals surface area contributed by atoms with Gasteiger partial charge in [-0.2, -0.15) is 0 Å². The molecule has 0 aromatic heterocycles. The topological polar surface area (TPSA) is 80.5 Å². The number of anilines is 1. The van der Waals surface area contributed by atoms with Crippen LogP contribution in [0.15, 0.2) is 47.4 Å². The quantitative estimate of drug-likeness (QED) is 0.928. The van der Waals surface area contributed by atoms with Crippen LogP contribution >= 0.6 is 0 Å². The third kappa shape index (κ3) is 2.67. The maximum Gasteiger partial charge on any atom is 0.265 e. The van der Waals surface area contributed by atoms with Crippen LogP contribution in [0.5, 0.6) is 0 Å². The van der Waals surface area contributed by atoms with Gasteiger partial charge in [-0.1, -0.05) is 24.3 Å². The Kier molecular flexibility index (Phi) is 4.09. The Morgan fingerprint density at radius 1 is 1.12 bits per heavy atom. The third-order valence-electron chi connectivity index (χ3n) is 4.56. The monoisotopic (exact) mass is 344 g/mol. The first-order valence-electron chi connectivity index (χ1n) is 7.81. The molecule has 0 bridgehead atoms. The Hall–Kier alpha value is -2.34. The number of fused-ring (bicyclic) bond motifs is 1. The van der Waals surface area contributed by atoms with Gasteiger partial charge in [-0.25, -0.2) is 8.42 Å². The van der Waals surface area contributed by atoms with Gasteiger partial charge in [0.1, 0.15) is 6.04 Å². The van der Waals surface area contributed by atoms with E-state index in [2.05, 4.69) is 0 Å². The highest BCUT2D eigenvalue weighted by Gasteiger charge is 2.38. The molecular formula is C18H20N2O3S. The maximum absolute atomic E-state index is 13.2. The highest BCUT2D eigenvalue weighted by Crippen LogP contribution is 2.35. The lowest BCUT2D eigenvalue weighted by atomic mass is 9.98. The lowest BCUT2D eigenvalue weighted by Crippen LogP contribution is -2.50. The van der Waals surface area contributed by atoms with E-state index in [9.17, 15) is 13.2 Å². The fraction of sp³-hybridized carbons (Fsp3) is 0.278. The molecule has 2 N–H and O–H groups in total. The molecule has 2 aromatic carbocycles. The highest BCUT2D eigenvalue weighted by atomic mass is 32.2. The first-order valence-corrected chi connectivity index (χ1v) is 9.25. The van der Waals surface area contributed by atoms with Gasteiger partial charge in [0, 0.05) is 0 Å². The van der Waals surface area contributed by atoms with Crippen LogP contribution in [0.1, 0.15) is 23.1 Å². The molecule has 1 unspecified atom stereocenters. The van der Waals surface area contributed by atoms with Crippen molar-refractivity contribution in [3.05, 3.63) is 59.2 Å². The molecule has 0 saturated heterocycles. The normalized spacial score (nSPS) is 17.4. The van der Waals surface area contributed by atoms with Gasteiger partial charge < -0.3 is 5.73 Å². The van der Waals surface area contributed by atoms with E-state index < -0.39 is 22.0 Å². The summed E-state index contributed by atoms with van der Waals surface area (Å²) in [5.41, 5.74) is 8.84. The van der Waals surface area contributed by atoms with E-state index in [1.165, 1.54) is 4.31 Å². The number of aryl methyl sites for hydroxylation is 3. The van der Waals surface area contributed by atoms with Crippen LogP contribution in [0, 0.1) is 13.8 Å². The van der Waals surface area contributed by atoms with Crippen LogP contribution < -0.4 is 10.0 Å². The molecule has 0 spiro atoms. The lowest BCUT2D eigenvalue weighted by molar-refractivity contribution is -0.119. The maximum atomic E-state index is 13.2. The van der Waals surface area contributed by atoms with Crippen LogP contribution in [-0.2, 0) is 21.2 Å². The predicted octanol–water partition coefficient (Wildman–Crippen LogP) is 2.30. The second-order valence-corrected chi connectivity index (χ2v) is 7.95. The molecule has 24 heavy (non-hydrogen) atoms. The summed E-state index contributed by atoms with van der Waals surface area (Å²) in [6, 6.07) is 11.4. The third-order valence-corrected chi connectivity index (χ3v) is 6.38. The smallest absolute Gasteiger partial charge is 0.265 e. The number of benzene rings is 2. The number of para-hydroxylation sites is 1. The zero-order chi connectivity index (χ0) is 17.5. The van der Waals surface area contributed by atoms with E-state index in [1.807, 2.05) is 26.0 Å². The second-order valence-electron chi connectivity index (χ2n) is 6.13. The number of hydrogen-bond acceptors (Lipinski definition) is 3. The number of carbonyl (C=O) groups is 1. The highest BCUT2D eigenvalue weighted by molar-refractivity contribution is 7.93. The molecule has 6 heteroatoms. The molecule has 1 atom stereocenters. The number of hydrogen-bond donors (Lipinski definition) is 1. The molecule has 2 aromatic rings. The standard InChI is InChI=1S/C18H20N2O3S/c1-12-7-9-15(11-13(12)2)24(22,23)20-16-6-4-3-5-14(16)8-10-17(20)18(19)21/h3-7,9,11,17H,8,10H2,1-2H3,(H2,19,21). The fourth-order valence-corrected chi connectivity index (χ4v) is 4.83. The Balaban J connectivity index is 2.19. The Morgan fingerprint density at radius 2 is 1.83 bits per heavy atom. The van der Waals surface area contributed by atoms with Gasteiger partial charge in [-0.3, -0.25) is 9.10 Å². The first kappa shape index (κ1) is 16.5. The van der Waals surface area contributed by atoms with Gasteiger partial charge in [0.2, 0.25) is 5.91 Å². The van der Waals surface area contributed by atoms with Crippen molar-refractivity contribution in [2.24, 2.45) is 5.73 Å². The van der Waals surface area contributed by atoms with Crippen LogP contribution in [-0.4, -0.2) is 20.4 Å². The minimum atomic E-state index is -3.88. The van der Waals surface area contributed by atoms with Crippen LogP contribution in [0.3, 0.4) is 0 Å². The molecule has 5 nitrogen and oxygen atoms in total. The summed E-state index contributed by atoms with van der Waals surface area (Å²) in [7, 11) is -3.88. The molecule has 0 fully saturated rings. The number of carbonyl (C=O) groups excluding carboxylic acids is 1. The zero-order valence-corrected chi connectivity index (χ0v) is 14.5. The van der Waals surface area contributed by atoms with E-state index in [1.54, 1.807) is 30.3 Å². The summed E-state index contributed by atoms with van der Waals surface area (Å²) >= 11 is 0. The van der Waals surface area contributed by atoms with E-state index in [0.29, 0.717) is 18.5 Å². The molecule has 1 aliphatic heterocycles. The summed E-state index contributed by atoms with van der Waals surface area (Å²) in [6.07, 6.45) is 1.01. The molecule has 0 aliphatic carbocycles. The summed E-state index contributed by atoms with van der Waals surface area (Å²) in [5, 5.41) is 0. The Labute approximate surface area is 142 Å². The molecular weight excluding hydrogens is 324 g/mol. The molecule has 1 aliphatic rings. The molecule has 1 amide bonds.